The highest BCUT2D eigenvalue weighted by Gasteiger charge is 2.15. The Balaban J connectivity index is 1.58. The Kier molecular flexibility index (Phi) is 5.34. The number of rotatable bonds is 4. The molecule has 1 aliphatic rings. The molecule has 0 bridgehead atoms. The van der Waals surface area contributed by atoms with E-state index in [1.165, 1.54) is 0 Å². The number of piperazine rings is 1. The lowest BCUT2D eigenvalue weighted by atomic mass is 10.0. The van der Waals surface area contributed by atoms with E-state index in [0.29, 0.717) is 6.54 Å². The highest BCUT2D eigenvalue weighted by molar-refractivity contribution is 5.95. The first-order valence-electron chi connectivity index (χ1n) is 8.77. The zero-order valence-electron chi connectivity index (χ0n) is 15.2. The number of nitrogens with zero attached hydrogens (tertiary/aromatic N) is 3. The first-order valence-corrected chi connectivity index (χ1v) is 8.77. The summed E-state index contributed by atoms with van der Waals surface area (Å²) in [6.07, 6.45) is 1.86. The van der Waals surface area contributed by atoms with Crippen molar-refractivity contribution in [2.24, 2.45) is 0 Å². The van der Waals surface area contributed by atoms with E-state index in [0.717, 1.165) is 54.3 Å². The summed E-state index contributed by atoms with van der Waals surface area (Å²) >= 11 is 0. The summed E-state index contributed by atoms with van der Waals surface area (Å²) in [5.41, 5.74) is 3.91. The van der Waals surface area contributed by atoms with Gasteiger partial charge in [-0.2, -0.15) is 0 Å². The molecule has 1 saturated heterocycles. The summed E-state index contributed by atoms with van der Waals surface area (Å²) in [6, 6.07) is 9.90. The van der Waals surface area contributed by atoms with Gasteiger partial charge >= 0.3 is 0 Å². The Hall–Kier alpha value is -2.40. The second kappa shape index (κ2) is 7.66. The smallest absolute Gasteiger partial charge is 0.251 e. The molecule has 1 aromatic carbocycles. The number of anilines is 1. The number of likely N-dealkylation sites (N-methyl/N-ethyl adjacent to an activating group) is 1. The third-order valence-corrected chi connectivity index (χ3v) is 4.94. The lowest BCUT2D eigenvalue weighted by molar-refractivity contribution is 0.0950. The molecule has 0 spiro atoms. The quantitative estimate of drug-likeness (QED) is 0.930. The predicted octanol–water partition coefficient (Wildman–Crippen LogP) is 2.38. The number of hydrogen-bond acceptors (Lipinski definition) is 4. The Morgan fingerprint density at radius 3 is 2.56 bits per heavy atom. The number of aromatic nitrogens is 1. The number of hydrogen-bond donors (Lipinski definition) is 1. The van der Waals surface area contributed by atoms with Gasteiger partial charge in [-0.05, 0) is 49.7 Å². The van der Waals surface area contributed by atoms with E-state index < -0.39 is 0 Å². The van der Waals surface area contributed by atoms with Crippen LogP contribution in [0.15, 0.2) is 36.5 Å². The van der Waals surface area contributed by atoms with Gasteiger partial charge in [0.1, 0.15) is 5.82 Å². The van der Waals surface area contributed by atoms with Crippen molar-refractivity contribution in [3.05, 3.63) is 58.8 Å². The normalized spacial score (nSPS) is 15.2. The third-order valence-electron chi connectivity index (χ3n) is 4.94. The summed E-state index contributed by atoms with van der Waals surface area (Å²) in [6.45, 7) is 8.63. The van der Waals surface area contributed by atoms with Gasteiger partial charge in [0.15, 0.2) is 0 Å². The number of aryl methyl sites for hydroxylation is 1. The van der Waals surface area contributed by atoms with E-state index in [1.807, 2.05) is 50.4 Å². The van der Waals surface area contributed by atoms with Crippen LogP contribution in [-0.4, -0.2) is 49.0 Å². The van der Waals surface area contributed by atoms with Crippen LogP contribution in [0.25, 0.3) is 0 Å². The summed E-state index contributed by atoms with van der Waals surface area (Å²) in [7, 11) is 2.15. The minimum atomic E-state index is -0.0376. The van der Waals surface area contributed by atoms with Gasteiger partial charge in [0.25, 0.3) is 5.91 Å². The fourth-order valence-corrected chi connectivity index (χ4v) is 3.02. The van der Waals surface area contributed by atoms with Crippen molar-refractivity contribution < 1.29 is 4.79 Å². The molecule has 2 heterocycles. The zero-order chi connectivity index (χ0) is 17.8. The second-order valence-electron chi connectivity index (χ2n) is 6.75. The molecule has 25 heavy (non-hydrogen) atoms. The number of amides is 1. The SMILES string of the molecule is Cc1cccc(C(=O)NCc2ccc(N3CCN(C)CC3)nc2)c1C. The molecular weight excluding hydrogens is 312 g/mol. The van der Waals surface area contributed by atoms with Crippen molar-refractivity contribution in [2.75, 3.05) is 38.1 Å². The fourth-order valence-electron chi connectivity index (χ4n) is 3.02. The van der Waals surface area contributed by atoms with Crippen molar-refractivity contribution in [2.45, 2.75) is 20.4 Å². The molecule has 0 radical (unpaired) electrons. The summed E-state index contributed by atoms with van der Waals surface area (Å²) in [5.74, 6) is 0.974. The second-order valence-corrected chi connectivity index (χ2v) is 6.75. The molecule has 132 valence electrons. The van der Waals surface area contributed by atoms with Gasteiger partial charge in [0, 0.05) is 44.5 Å². The number of carbonyl (C=O) groups excluding carboxylic acids is 1. The van der Waals surface area contributed by atoms with Crippen LogP contribution in [0.5, 0.6) is 0 Å². The van der Waals surface area contributed by atoms with Crippen LogP contribution in [0.3, 0.4) is 0 Å². The Morgan fingerprint density at radius 2 is 1.88 bits per heavy atom. The van der Waals surface area contributed by atoms with Crippen molar-refractivity contribution in [1.29, 1.82) is 0 Å². The lowest BCUT2D eigenvalue weighted by Crippen LogP contribution is -2.44. The van der Waals surface area contributed by atoms with Crippen LogP contribution in [0.2, 0.25) is 0 Å². The van der Waals surface area contributed by atoms with E-state index in [2.05, 4.69) is 27.1 Å². The van der Waals surface area contributed by atoms with Crippen LogP contribution in [0, 0.1) is 13.8 Å². The standard InChI is InChI=1S/C20H26N4O/c1-15-5-4-6-18(16(15)2)20(25)22-14-17-7-8-19(21-13-17)24-11-9-23(3)10-12-24/h4-8,13H,9-12,14H2,1-3H3,(H,22,25). The van der Waals surface area contributed by atoms with E-state index >= 15 is 0 Å². The molecule has 0 aliphatic carbocycles. The van der Waals surface area contributed by atoms with Crippen LogP contribution < -0.4 is 10.2 Å². The van der Waals surface area contributed by atoms with Crippen molar-refractivity contribution >= 4 is 11.7 Å². The summed E-state index contributed by atoms with van der Waals surface area (Å²) in [4.78, 5) is 21.6. The van der Waals surface area contributed by atoms with Crippen molar-refractivity contribution in [3.63, 3.8) is 0 Å². The molecule has 5 heteroatoms. The van der Waals surface area contributed by atoms with Gasteiger partial charge in [-0.15, -0.1) is 0 Å². The highest BCUT2D eigenvalue weighted by atomic mass is 16.1. The monoisotopic (exact) mass is 338 g/mol. The number of nitrogens with one attached hydrogen (secondary N) is 1. The largest absolute Gasteiger partial charge is 0.354 e. The summed E-state index contributed by atoms with van der Waals surface area (Å²) in [5, 5.41) is 2.99. The van der Waals surface area contributed by atoms with Gasteiger partial charge < -0.3 is 15.1 Å². The number of pyridine rings is 1. The Labute approximate surface area is 149 Å². The fraction of sp³-hybridized carbons (Fsp3) is 0.400. The predicted molar refractivity (Wildman–Crippen MR) is 101 cm³/mol. The van der Waals surface area contributed by atoms with Gasteiger partial charge in [0.2, 0.25) is 0 Å². The molecule has 0 atom stereocenters. The van der Waals surface area contributed by atoms with E-state index in [-0.39, 0.29) is 5.91 Å². The van der Waals surface area contributed by atoms with Crippen LogP contribution in [0.1, 0.15) is 27.0 Å². The average molecular weight is 338 g/mol. The van der Waals surface area contributed by atoms with E-state index in [1.54, 1.807) is 0 Å². The maximum Gasteiger partial charge on any atom is 0.251 e. The average Bonchev–Trinajstić information content (AvgIpc) is 2.63. The summed E-state index contributed by atoms with van der Waals surface area (Å²) < 4.78 is 0. The first-order chi connectivity index (χ1) is 12.0. The molecule has 1 aromatic heterocycles. The molecule has 1 amide bonds. The maximum atomic E-state index is 12.4. The Morgan fingerprint density at radius 1 is 1.12 bits per heavy atom. The van der Waals surface area contributed by atoms with Crippen LogP contribution in [-0.2, 0) is 6.54 Å². The van der Waals surface area contributed by atoms with E-state index in [9.17, 15) is 4.79 Å². The molecule has 1 fully saturated rings. The molecule has 3 rings (SSSR count). The van der Waals surface area contributed by atoms with Gasteiger partial charge in [0.05, 0.1) is 0 Å². The molecule has 2 aromatic rings. The molecule has 1 N–H and O–H groups in total. The van der Waals surface area contributed by atoms with Gasteiger partial charge in [-0.25, -0.2) is 4.98 Å². The van der Waals surface area contributed by atoms with Crippen molar-refractivity contribution in [1.82, 2.24) is 15.2 Å². The molecule has 5 nitrogen and oxygen atoms in total. The molecule has 0 saturated carbocycles. The third kappa shape index (κ3) is 4.17. The zero-order valence-corrected chi connectivity index (χ0v) is 15.2. The number of benzene rings is 1. The lowest BCUT2D eigenvalue weighted by Gasteiger charge is -2.33. The maximum absolute atomic E-state index is 12.4. The Bertz CT molecular complexity index is 734. The van der Waals surface area contributed by atoms with Crippen LogP contribution in [0.4, 0.5) is 5.82 Å². The number of carbonyl (C=O) groups is 1. The first kappa shape index (κ1) is 17.4. The van der Waals surface area contributed by atoms with Gasteiger partial charge in [-0.3, -0.25) is 4.79 Å². The van der Waals surface area contributed by atoms with E-state index in [4.69, 9.17) is 0 Å². The molecule has 1 aliphatic heterocycles. The molecule has 0 unspecified atom stereocenters. The highest BCUT2D eigenvalue weighted by Crippen LogP contribution is 2.15. The van der Waals surface area contributed by atoms with Crippen LogP contribution >= 0.6 is 0 Å². The van der Waals surface area contributed by atoms with Gasteiger partial charge in [-0.1, -0.05) is 18.2 Å². The minimum absolute atomic E-state index is 0.0376. The minimum Gasteiger partial charge on any atom is -0.354 e. The van der Waals surface area contributed by atoms with Crippen molar-refractivity contribution in [3.8, 4) is 0 Å². The topological polar surface area (TPSA) is 48.5 Å². The molecular formula is C20H26N4O.